The minimum atomic E-state index is -0.166. The highest BCUT2D eigenvalue weighted by atomic mass is 16.5. The van der Waals surface area contributed by atoms with Gasteiger partial charge in [-0.1, -0.05) is 0 Å². The molecular weight excluding hydrogens is 268 g/mol. The van der Waals surface area contributed by atoms with Crippen molar-refractivity contribution in [2.75, 3.05) is 37.7 Å². The molecule has 2 unspecified atom stereocenters. The van der Waals surface area contributed by atoms with Crippen LogP contribution in [0.1, 0.15) is 23.2 Å². The van der Waals surface area contributed by atoms with Gasteiger partial charge >= 0.3 is 0 Å². The third-order valence-electron chi connectivity index (χ3n) is 4.19. The maximum Gasteiger partial charge on any atom is 0.251 e. The lowest BCUT2D eigenvalue weighted by atomic mass is 10.1. The molecule has 0 saturated carbocycles. The van der Waals surface area contributed by atoms with Gasteiger partial charge in [0.1, 0.15) is 0 Å². The molecular formula is C15H22N4O2. The highest BCUT2D eigenvalue weighted by Crippen LogP contribution is 2.22. The predicted octanol–water partition coefficient (Wildman–Crippen LogP) is 0.444. The van der Waals surface area contributed by atoms with Crippen molar-refractivity contribution in [3.63, 3.8) is 0 Å². The summed E-state index contributed by atoms with van der Waals surface area (Å²) in [5.41, 5.74) is 12.9. The molecule has 2 fully saturated rings. The van der Waals surface area contributed by atoms with Crippen molar-refractivity contribution in [1.82, 2.24) is 10.2 Å². The highest BCUT2D eigenvalue weighted by molar-refractivity contribution is 5.96. The minimum Gasteiger partial charge on any atom is -0.399 e. The second-order valence-corrected chi connectivity index (χ2v) is 5.84. The molecule has 21 heavy (non-hydrogen) atoms. The van der Waals surface area contributed by atoms with E-state index in [-0.39, 0.29) is 12.0 Å². The summed E-state index contributed by atoms with van der Waals surface area (Å²) in [5, 5.41) is 2.90. The molecule has 6 nitrogen and oxygen atoms in total. The van der Waals surface area contributed by atoms with E-state index >= 15 is 0 Å². The second kappa shape index (κ2) is 5.91. The fraction of sp³-hybridized carbons (Fsp3) is 0.533. The van der Waals surface area contributed by atoms with E-state index < -0.39 is 0 Å². The van der Waals surface area contributed by atoms with Gasteiger partial charge in [-0.3, -0.25) is 9.69 Å². The highest BCUT2D eigenvalue weighted by Gasteiger charge is 2.32. The van der Waals surface area contributed by atoms with Gasteiger partial charge in [0.15, 0.2) is 0 Å². The van der Waals surface area contributed by atoms with Crippen LogP contribution in [0, 0.1) is 0 Å². The van der Waals surface area contributed by atoms with E-state index in [9.17, 15) is 4.79 Å². The SMILES string of the molecule is Nc1cc(N)cc(C(=O)NCC2CN3CCCC3CO2)c1. The largest absolute Gasteiger partial charge is 0.399 e. The molecule has 2 aliphatic heterocycles. The molecule has 0 spiro atoms. The van der Waals surface area contributed by atoms with E-state index in [0.29, 0.717) is 29.5 Å². The van der Waals surface area contributed by atoms with Gasteiger partial charge in [-0.2, -0.15) is 0 Å². The maximum absolute atomic E-state index is 12.1. The number of hydrogen-bond donors (Lipinski definition) is 3. The van der Waals surface area contributed by atoms with Gasteiger partial charge in [-0.25, -0.2) is 0 Å². The third-order valence-corrected chi connectivity index (χ3v) is 4.19. The average molecular weight is 290 g/mol. The Hall–Kier alpha value is -1.79. The van der Waals surface area contributed by atoms with E-state index in [1.54, 1.807) is 18.2 Å². The third kappa shape index (κ3) is 3.28. The summed E-state index contributed by atoms with van der Waals surface area (Å²) in [6.07, 6.45) is 2.53. The van der Waals surface area contributed by atoms with Gasteiger partial charge in [0, 0.05) is 36.1 Å². The number of morpholine rings is 1. The first-order valence-electron chi connectivity index (χ1n) is 7.42. The van der Waals surface area contributed by atoms with Gasteiger partial charge in [-0.05, 0) is 37.6 Å². The number of nitrogen functional groups attached to an aromatic ring is 2. The van der Waals surface area contributed by atoms with Crippen molar-refractivity contribution in [3.8, 4) is 0 Å². The smallest absolute Gasteiger partial charge is 0.251 e. The number of hydrogen-bond acceptors (Lipinski definition) is 5. The summed E-state index contributed by atoms with van der Waals surface area (Å²) in [6, 6.07) is 5.47. The van der Waals surface area contributed by atoms with Crippen LogP contribution in [0.3, 0.4) is 0 Å². The molecule has 2 atom stereocenters. The number of nitrogens with two attached hydrogens (primary N) is 2. The molecule has 1 aromatic rings. The Morgan fingerprint density at radius 1 is 1.33 bits per heavy atom. The number of anilines is 2. The van der Waals surface area contributed by atoms with E-state index in [4.69, 9.17) is 16.2 Å². The molecule has 0 aromatic heterocycles. The standard InChI is InChI=1S/C15H22N4O2/c16-11-4-10(5-12(17)6-11)15(20)18-7-14-8-19-3-1-2-13(19)9-21-14/h4-6,13-14H,1-3,7-9,16-17H2,(H,18,20). The van der Waals surface area contributed by atoms with Crippen molar-refractivity contribution in [3.05, 3.63) is 23.8 Å². The lowest BCUT2D eigenvalue weighted by Crippen LogP contribution is -2.50. The van der Waals surface area contributed by atoms with Crippen LogP contribution in [-0.2, 0) is 4.74 Å². The van der Waals surface area contributed by atoms with E-state index in [1.807, 2.05) is 0 Å². The van der Waals surface area contributed by atoms with Crippen LogP contribution in [-0.4, -0.2) is 49.2 Å². The Morgan fingerprint density at radius 2 is 2.10 bits per heavy atom. The summed E-state index contributed by atoms with van der Waals surface area (Å²) in [6.45, 7) is 3.32. The number of fused-ring (bicyclic) bond motifs is 1. The summed E-state index contributed by atoms with van der Waals surface area (Å²) in [5.74, 6) is -0.166. The summed E-state index contributed by atoms with van der Waals surface area (Å²) < 4.78 is 5.82. The molecule has 6 heteroatoms. The second-order valence-electron chi connectivity index (χ2n) is 5.84. The Kier molecular flexibility index (Phi) is 3.98. The van der Waals surface area contributed by atoms with E-state index in [0.717, 1.165) is 19.7 Å². The van der Waals surface area contributed by atoms with Crippen LogP contribution in [0.15, 0.2) is 18.2 Å². The summed E-state index contributed by atoms with van der Waals surface area (Å²) in [7, 11) is 0. The first kappa shape index (κ1) is 14.2. The lowest BCUT2D eigenvalue weighted by molar-refractivity contribution is -0.0461. The zero-order valence-corrected chi connectivity index (χ0v) is 12.0. The number of rotatable bonds is 3. The number of carbonyl (C=O) groups excluding carboxylic acids is 1. The maximum atomic E-state index is 12.1. The zero-order chi connectivity index (χ0) is 14.8. The van der Waals surface area contributed by atoms with Gasteiger partial charge in [-0.15, -0.1) is 0 Å². The molecule has 0 radical (unpaired) electrons. The van der Waals surface area contributed by atoms with Crippen LogP contribution in [0.25, 0.3) is 0 Å². The van der Waals surface area contributed by atoms with Crippen molar-refractivity contribution in [2.24, 2.45) is 0 Å². The predicted molar refractivity (Wildman–Crippen MR) is 81.9 cm³/mol. The lowest BCUT2D eigenvalue weighted by Gasteiger charge is -2.35. The molecule has 0 bridgehead atoms. The molecule has 2 aliphatic rings. The molecule has 2 saturated heterocycles. The molecule has 1 aromatic carbocycles. The van der Waals surface area contributed by atoms with Gasteiger partial charge in [0.05, 0.1) is 12.7 Å². The number of nitrogens with zero attached hydrogens (tertiary/aromatic N) is 1. The quantitative estimate of drug-likeness (QED) is 0.703. The number of amides is 1. The number of benzene rings is 1. The van der Waals surface area contributed by atoms with Gasteiger partial charge < -0.3 is 21.5 Å². The molecule has 5 N–H and O–H groups in total. The summed E-state index contributed by atoms with van der Waals surface area (Å²) >= 11 is 0. The van der Waals surface area contributed by atoms with Crippen molar-refractivity contribution < 1.29 is 9.53 Å². The fourth-order valence-electron chi connectivity index (χ4n) is 3.13. The molecule has 1 amide bonds. The fourth-order valence-corrected chi connectivity index (χ4v) is 3.13. The zero-order valence-electron chi connectivity index (χ0n) is 12.0. The normalized spacial score (nSPS) is 25.5. The van der Waals surface area contributed by atoms with Crippen LogP contribution in [0.2, 0.25) is 0 Å². The Labute approximate surface area is 124 Å². The topological polar surface area (TPSA) is 93.6 Å². The van der Waals surface area contributed by atoms with Crippen LogP contribution >= 0.6 is 0 Å². The first-order valence-corrected chi connectivity index (χ1v) is 7.42. The summed E-state index contributed by atoms with van der Waals surface area (Å²) in [4.78, 5) is 14.6. The van der Waals surface area contributed by atoms with Crippen LogP contribution in [0.4, 0.5) is 11.4 Å². The average Bonchev–Trinajstić information content (AvgIpc) is 2.91. The van der Waals surface area contributed by atoms with Crippen molar-refractivity contribution in [2.45, 2.75) is 25.0 Å². The Bertz CT molecular complexity index is 514. The van der Waals surface area contributed by atoms with Gasteiger partial charge in [0.2, 0.25) is 0 Å². The molecule has 114 valence electrons. The number of nitrogens with one attached hydrogen (secondary N) is 1. The Balaban J connectivity index is 1.53. The van der Waals surface area contributed by atoms with Crippen LogP contribution in [0.5, 0.6) is 0 Å². The number of ether oxygens (including phenoxy) is 1. The van der Waals surface area contributed by atoms with E-state index in [2.05, 4.69) is 10.2 Å². The number of carbonyl (C=O) groups is 1. The van der Waals surface area contributed by atoms with E-state index in [1.165, 1.54) is 12.8 Å². The minimum absolute atomic E-state index is 0.0571. The molecule has 3 rings (SSSR count). The van der Waals surface area contributed by atoms with Crippen molar-refractivity contribution >= 4 is 17.3 Å². The monoisotopic (exact) mass is 290 g/mol. The van der Waals surface area contributed by atoms with Crippen LogP contribution < -0.4 is 16.8 Å². The first-order chi connectivity index (χ1) is 10.1. The Morgan fingerprint density at radius 3 is 2.86 bits per heavy atom. The molecule has 0 aliphatic carbocycles. The molecule has 2 heterocycles. The van der Waals surface area contributed by atoms with Crippen molar-refractivity contribution in [1.29, 1.82) is 0 Å². The van der Waals surface area contributed by atoms with Gasteiger partial charge in [0.25, 0.3) is 5.91 Å².